The Balaban J connectivity index is 1.84. The van der Waals surface area contributed by atoms with Crippen LogP contribution in [0.15, 0.2) is 83.8 Å². The molecule has 0 atom stereocenters. The number of halogens is 2. The van der Waals surface area contributed by atoms with E-state index in [4.69, 9.17) is 11.6 Å². The molecule has 8 heteroatoms. The molecule has 0 aliphatic heterocycles. The van der Waals surface area contributed by atoms with Crippen molar-refractivity contribution in [3.63, 3.8) is 0 Å². The first-order valence-electron chi connectivity index (χ1n) is 8.71. The average Bonchev–Trinajstić information content (AvgIpc) is 2.73. The monoisotopic (exact) mass is 432 g/mol. The Bertz CT molecular complexity index is 1090. The Morgan fingerprint density at radius 3 is 2.21 bits per heavy atom. The van der Waals surface area contributed by atoms with Crippen molar-refractivity contribution in [2.45, 2.75) is 11.4 Å². The van der Waals surface area contributed by atoms with Crippen LogP contribution in [0.2, 0.25) is 5.02 Å². The van der Waals surface area contributed by atoms with Crippen molar-refractivity contribution < 1.29 is 17.6 Å². The summed E-state index contributed by atoms with van der Waals surface area (Å²) in [5, 5.41) is 3.17. The van der Waals surface area contributed by atoms with Crippen molar-refractivity contribution in [3.8, 4) is 0 Å². The Morgan fingerprint density at radius 2 is 1.55 bits per heavy atom. The predicted molar refractivity (Wildman–Crippen MR) is 111 cm³/mol. The molecule has 0 fully saturated rings. The van der Waals surface area contributed by atoms with Gasteiger partial charge in [0.05, 0.1) is 10.6 Å². The highest BCUT2D eigenvalue weighted by Crippen LogP contribution is 2.24. The van der Waals surface area contributed by atoms with Crippen molar-refractivity contribution in [2.75, 3.05) is 10.8 Å². The fourth-order valence-corrected chi connectivity index (χ4v) is 4.31. The summed E-state index contributed by atoms with van der Waals surface area (Å²) in [6.45, 7) is -0.311. The van der Waals surface area contributed by atoms with Gasteiger partial charge in [0.25, 0.3) is 10.0 Å². The summed E-state index contributed by atoms with van der Waals surface area (Å²) in [7, 11) is -4.03. The Morgan fingerprint density at radius 1 is 0.931 bits per heavy atom. The quantitative estimate of drug-likeness (QED) is 0.613. The molecule has 0 spiro atoms. The van der Waals surface area contributed by atoms with Gasteiger partial charge in [0.1, 0.15) is 12.4 Å². The number of carbonyl (C=O) groups is 1. The van der Waals surface area contributed by atoms with Crippen molar-refractivity contribution in [1.82, 2.24) is 5.32 Å². The van der Waals surface area contributed by atoms with Gasteiger partial charge in [-0.15, -0.1) is 0 Å². The average molecular weight is 433 g/mol. The molecule has 1 N–H and O–H groups in total. The van der Waals surface area contributed by atoms with Crippen LogP contribution >= 0.6 is 11.6 Å². The van der Waals surface area contributed by atoms with Crippen LogP contribution < -0.4 is 9.62 Å². The van der Waals surface area contributed by atoms with Gasteiger partial charge >= 0.3 is 0 Å². The van der Waals surface area contributed by atoms with Gasteiger partial charge in [-0.25, -0.2) is 12.8 Å². The lowest BCUT2D eigenvalue weighted by Crippen LogP contribution is -2.40. The Hall–Kier alpha value is -2.90. The molecule has 1 amide bonds. The van der Waals surface area contributed by atoms with Crippen molar-refractivity contribution >= 4 is 33.2 Å². The van der Waals surface area contributed by atoms with Crippen LogP contribution in [-0.4, -0.2) is 20.9 Å². The van der Waals surface area contributed by atoms with E-state index >= 15 is 0 Å². The number of hydrogen-bond donors (Lipinski definition) is 1. The van der Waals surface area contributed by atoms with Crippen LogP contribution in [-0.2, 0) is 21.4 Å². The lowest BCUT2D eigenvalue weighted by atomic mass is 10.2. The fourth-order valence-electron chi connectivity index (χ4n) is 2.66. The fraction of sp³-hybridized carbons (Fsp3) is 0.0952. The van der Waals surface area contributed by atoms with E-state index < -0.39 is 28.3 Å². The molecule has 3 aromatic rings. The molecule has 0 heterocycles. The summed E-state index contributed by atoms with van der Waals surface area (Å²) in [6.07, 6.45) is 0. The van der Waals surface area contributed by atoms with Gasteiger partial charge in [0.2, 0.25) is 5.91 Å². The molecule has 0 saturated heterocycles. The molecule has 0 aliphatic carbocycles. The van der Waals surface area contributed by atoms with Crippen LogP contribution in [0.25, 0.3) is 0 Å². The van der Waals surface area contributed by atoms with Crippen LogP contribution in [0, 0.1) is 5.82 Å². The molecule has 0 aromatic heterocycles. The number of rotatable bonds is 7. The van der Waals surface area contributed by atoms with Gasteiger partial charge in [-0.1, -0.05) is 48.0 Å². The number of carbonyl (C=O) groups excluding carboxylic acids is 1. The standard InChI is InChI=1S/C21H18ClFN2O3S/c22-20-9-5-4-6-16(20)14-24-21(26)15-25(18-12-10-17(23)11-13-18)29(27,28)19-7-2-1-3-8-19/h1-13H,14-15H2,(H,24,26). The maximum atomic E-state index is 13.3. The van der Waals surface area contributed by atoms with Crippen LogP contribution in [0.4, 0.5) is 10.1 Å². The van der Waals surface area contributed by atoms with Gasteiger partial charge in [0, 0.05) is 11.6 Å². The Kier molecular flexibility index (Phi) is 6.51. The molecule has 0 radical (unpaired) electrons. The van der Waals surface area contributed by atoms with Gasteiger partial charge < -0.3 is 5.32 Å². The summed E-state index contributed by atoms with van der Waals surface area (Å²) < 4.78 is 40.5. The zero-order valence-corrected chi connectivity index (χ0v) is 16.8. The lowest BCUT2D eigenvalue weighted by molar-refractivity contribution is -0.119. The first kappa shape index (κ1) is 20.8. The third-order valence-corrected chi connectivity index (χ3v) is 6.32. The lowest BCUT2D eigenvalue weighted by Gasteiger charge is -2.24. The number of anilines is 1. The molecule has 0 saturated carbocycles. The summed E-state index contributed by atoms with van der Waals surface area (Å²) in [5.41, 5.74) is 0.893. The molecular formula is C21H18ClFN2O3S. The first-order valence-corrected chi connectivity index (χ1v) is 10.5. The van der Waals surface area contributed by atoms with Gasteiger partial charge in [-0.3, -0.25) is 9.10 Å². The number of amides is 1. The van der Waals surface area contributed by atoms with Gasteiger partial charge in [-0.05, 0) is 48.0 Å². The normalized spacial score (nSPS) is 11.1. The maximum absolute atomic E-state index is 13.3. The van der Waals surface area contributed by atoms with E-state index in [1.807, 2.05) is 0 Å². The zero-order chi connectivity index (χ0) is 20.9. The number of nitrogens with zero attached hydrogens (tertiary/aromatic N) is 1. The second-order valence-electron chi connectivity index (χ2n) is 6.17. The highest BCUT2D eigenvalue weighted by molar-refractivity contribution is 7.92. The minimum Gasteiger partial charge on any atom is -0.350 e. The number of benzene rings is 3. The minimum atomic E-state index is -4.03. The highest BCUT2D eigenvalue weighted by atomic mass is 35.5. The summed E-state index contributed by atoms with van der Waals surface area (Å²) in [5.74, 6) is -1.03. The van der Waals surface area contributed by atoms with Crippen molar-refractivity contribution in [2.24, 2.45) is 0 Å². The van der Waals surface area contributed by atoms with Crippen molar-refractivity contribution in [1.29, 1.82) is 0 Å². The van der Waals surface area contributed by atoms with E-state index in [2.05, 4.69) is 5.32 Å². The summed E-state index contributed by atoms with van der Waals surface area (Å²) >= 11 is 6.08. The molecule has 5 nitrogen and oxygen atoms in total. The van der Waals surface area contributed by atoms with E-state index in [1.54, 1.807) is 42.5 Å². The topological polar surface area (TPSA) is 66.5 Å². The SMILES string of the molecule is O=C(CN(c1ccc(F)cc1)S(=O)(=O)c1ccccc1)NCc1ccccc1Cl. The second kappa shape index (κ2) is 9.07. The second-order valence-corrected chi connectivity index (χ2v) is 8.44. The summed E-state index contributed by atoms with van der Waals surface area (Å²) in [6, 6.07) is 19.7. The largest absolute Gasteiger partial charge is 0.350 e. The van der Waals surface area contributed by atoms with E-state index in [-0.39, 0.29) is 17.1 Å². The number of nitrogens with one attached hydrogen (secondary N) is 1. The van der Waals surface area contributed by atoms with E-state index in [9.17, 15) is 17.6 Å². The third-order valence-electron chi connectivity index (χ3n) is 4.17. The van der Waals surface area contributed by atoms with E-state index in [0.717, 1.165) is 16.4 Å². The van der Waals surface area contributed by atoms with E-state index in [1.165, 1.54) is 24.3 Å². The van der Waals surface area contributed by atoms with E-state index in [0.29, 0.717) is 10.6 Å². The molecule has 0 unspecified atom stereocenters. The maximum Gasteiger partial charge on any atom is 0.264 e. The zero-order valence-electron chi connectivity index (χ0n) is 15.3. The molecule has 150 valence electrons. The molecule has 3 rings (SSSR count). The molecular weight excluding hydrogens is 415 g/mol. The van der Waals surface area contributed by atoms with Crippen molar-refractivity contribution in [3.05, 3.63) is 95.3 Å². The third kappa shape index (κ3) is 5.13. The smallest absolute Gasteiger partial charge is 0.264 e. The van der Waals surface area contributed by atoms with Gasteiger partial charge in [0.15, 0.2) is 0 Å². The molecule has 0 aliphatic rings. The summed E-state index contributed by atoms with van der Waals surface area (Å²) in [4.78, 5) is 12.6. The van der Waals surface area contributed by atoms with Crippen LogP contribution in [0.3, 0.4) is 0 Å². The number of hydrogen-bond acceptors (Lipinski definition) is 3. The molecule has 29 heavy (non-hydrogen) atoms. The minimum absolute atomic E-state index is 0.0308. The van der Waals surface area contributed by atoms with Crippen LogP contribution in [0.1, 0.15) is 5.56 Å². The Labute approximate surface area is 173 Å². The number of sulfonamides is 1. The van der Waals surface area contributed by atoms with Gasteiger partial charge in [-0.2, -0.15) is 0 Å². The highest BCUT2D eigenvalue weighted by Gasteiger charge is 2.27. The first-order chi connectivity index (χ1) is 13.9. The van der Waals surface area contributed by atoms with Crippen LogP contribution in [0.5, 0.6) is 0 Å². The molecule has 3 aromatic carbocycles. The molecule has 0 bridgehead atoms. The predicted octanol–water partition coefficient (Wildman–Crippen LogP) is 3.99.